The molecular formula is C14H26N4O. The van der Waals surface area contributed by atoms with E-state index in [1.54, 1.807) is 6.33 Å². The fraction of sp³-hybridized carbons (Fsp3) is 0.857. The summed E-state index contributed by atoms with van der Waals surface area (Å²) in [6.07, 6.45) is 4.84. The van der Waals surface area contributed by atoms with Crippen LogP contribution in [-0.4, -0.2) is 33.5 Å². The number of hydrogen-bond acceptors (Lipinski definition) is 4. The van der Waals surface area contributed by atoms with Gasteiger partial charge in [-0.25, -0.2) is 9.67 Å². The Hall–Kier alpha value is -0.940. The van der Waals surface area contributed by atoms with E-state index in [9.17, 15) is 0 Å². The van der Waals surface area contributed by atoms with E-state index in [1.165, 1.54) is 0 Å². The van der Waals surface area contributed by atoms with Gasteiger partial charge in [0.1, 0.15) is 12.2 Å². The average molecular weight is 266 g/mol. The molecule has 0 spiro atoms. The van der Waals surface area contributed by atoms with Gasteiger partial charge in [-0.15, -0.1) is 0 Å². The first-order valence-corrected chi connectivity index (χ1v) is 7.35. The van der Waals surface area contributed by atoms with Crippen LogP contribution >= 0.6 is 0 Å². The van der Waals surface area contributed by atoms with E-state index in [2.05, 4.69) is 30.9 Å². The maximum Gasteiger partial charge on any atom is 0.138 e. The third kappa shape index (κ3) is 3.54. The summed E-state index contributed by atoms with van der Waals surface area (Å²) in [5.74, 6) is 2.02. The highest BCUT2D eigenvalue weighted by molar-refractivity contribution is 4.94. The highest BCUT2D eigenvalue weighted by Gasteiger charge is 2.32. The molecule has 1 saturated heterocycles. The van der Waals surface area contributed by atoms with Crippen molar-refractivity contribution in [3.8, 4) is 0 Å². The van der Waals surface area contributed by atoms with Crippen LogP contribution in [0.25, 0.3) is 0 Å². The molecule has 108 valence electrons. The molecule has 2 heterocycles. The van der Waals surface area contributed by atoms with Gasteiger partial charge in [-0.3, -0.25) is 0 Å². The zero-order valence-corrected chi connectivity index (χ0v) is 12.2. The molecule has 5 nitrogen and oxygen atoms in total. The van der Waals surface area contributed by atoms with E-state index < -0.39 is 0 Å². The first kappa shape index (κ1) is 14.5. The molecule has 0 radical (unpaired) electrons. The van der Waals surface area contributed by atoms with Crippen LogP contribution in [0.2, 0.25) is 0 Å². The van der Waals surface area contributed by atoms with Gasteiger partial charge in [0.15, 0.2) is 0 Å². The van der Waals surface area contributed by atoms with E-state index in [1.807, 2.05) is 4.68 Å². The molecule has 1 aliphatic rings. The quantitative estimate of drug-likeness (QED) is 0.849. The minimum absolute atomic E-state index is 0.113. The Bertz CT molecular complexity index is 391. The maximum absolute atomic E-state index is 6.37. The minimum atomic E-state index is 0.113. The van der Waals surface area contributed by atoms with Gasteiger partial charge in [-0.1, -0.05) is 20.8 Å². The monoisotopic (exact) mass is 266 g/mol. The predicted octanol–water partition coefficient (Wildman–Crippen LogP) is 1.62. The summed E-state index contributed by atoms with van der Waals surface area (Å²) >= 11 is 0. The molecule has 0 amide bonds. The Labute approximate surface area is 115 Å². The van der Waals surface area contributed by atoms with Crippen molar-refractivity contribution in [1.29, 1.82) is 0 Å². The normalized spacial score (nSPS) is 25.1. The van der Waals surface area contributed by atoms with Crippen molar-refractivity contribution in [2.24, 2.45) is 17.6 Å². The summed E-state index contributed by atoms with van der Waals surface area (Å²) in [5.41, 5.74) is 6.37. The smallest absolute Gasteiger partial charge is 0.138 e. The van der Waals surface area contributed by atoms with Gasteiger partial charge < -0.3 is 10.5 Å². The molecule has 1 aromatic heterocycles. The van der Waals surface area contributed by atoms with Crippen LogP contribution in [0.5, 0.6) is 0 Å². The Kier molecular flexibility index (Phi) is 4.93. The maximum atomic E-state index is 6.37. The lowest BCUT2D eigenvalue weighted by atomic mass is 9.90. The van der Waals surface area contributed by atoms with Crippen molar-refractivity contribution < 1.29 is 4.74 Å². The van der Waals surface area contributed by atoms with Crippen LogP contribution in [0.1, 0.15) is 39.4 Å². The lowest BCUT2D eigenvalue weighted by molar-refractivity contribution is 0.0811. The molecule has 1 fully saturated rings. The largest absolute Gasteiger partial charge is 0.378 e. The summed E-state index contributed by atoms with van der Waals surface area (Å²) < 4.78 is 7.71. The van der Waals surface area contributed by atoms with E-state index in [0.29, 0.717) is 17.9 Å². The van der Waals surface area contributed by atoms with Crippen LogP contribution in [-0.2, 0) is 17.7 Å². The molecule has 3 atom stereocenters. The Morgan fingerprint density at radius 3 is 3.00 bits per heavy atom. The Morgan fingerprint density at radius 1 is 1.53 bits per heavy atom. The zero-order chi connectivity index (χ0) is 13.8. The van der Waals surface area contributed by atoms with Gasteiger partial charge >= 0.3 is 0 Å². The number of rotatable bonds is 6. The lowest BCUT2D eigenvalue weighted by Gasteiger charge is -2.23. The Morgan fingerprint density at radius 2 is 2.32 bits per heavy atom. The standard InChI is InChI=1S/C14H26N4O/c1-4-13-11(5-6-19-13)12(15)7-14-16-9-17-18(14)8-10(2)3/h9-13H,4-8,15H2,1-3H3. The Balaban J connectivity index is 1.98. The van der Waals surface area contributed by atoms with E-state index in [-0.39, 0.29) is 6.04 Å². The molecule has 5 heteroatoms. The minimum Gasteiger partial charge on any atom is -0.378 e. The molecule has 2 rings (SSSR count). The number of aromatic nitrogens is 3. The third-order valence-corrected chi connectivity index (χ3v) is 3.87. The van der Waals surface area contributed by atoms with Crippen molar-refractivity contribution in [2.75, 3.05) is 6.61 Å². The first-order chi connectivity index (χ1) is 9.11. The molecule has 1 aliphatic heterocycles. The third-order valence-electron chi connectivity index (χ3n) is 3.87. The molecule has 0 aliphatic carbocycles. The molecule has 2 N–H and O–H groups in total. The second kappa shape index (κ2) is 6.48. The molecular weight excluding hydrogens is 240 g/mol. The number of hydrogen-bond donors (Lipinski definition) is 1. The van der Waals surface area contributed by atoms with Crippen LogP contribution in [0.3, 0.4) is 0 Å². The average Bonchev–Trinajstić information content (AvgIpc) is 2.97. The fourth-order valence-electron chi connectivity index (χ4n) is 2.88. The van der Waals surface area contributed by atoms with E-state index in [4.69, 9.17) is 10.5 Å². The van der Waals surface area contributed by atoms with Crippen molar-refractivity contribution in [2.45, 2.75) is 58.7 Å². The van der Waals surface area contributed by atoms with Crippen molar-refractivity contribution >= 4 is 0 Å². The van der Waals surface area contributed by atoms with Crippen molar-refractivity contribution in [3.05, 3.63) is 12.2 Å². The van der Waals surface area contributed by atoms with Crippen molar-refractivity contribution in [3.63, 3.8) is 0 Å². The molecule has 19 heavy (non-hydrogen) atoms. The second-order valence-corrected chi connectivity index (χ2v) is 5.89. The van der Waals surface area contributed by atoms with Crippen LogP contribution in [0.4, 0.5) is 0 Å². The van der Waals surface area contributed by atoms with Gasteiger partial charge in [0, 0.05) is 31.5 Å². The molecule has 3 unspecified atom stereocenters. The summed E-state index contributed by atoms with van der Waals surface area (Å²) in [5, 5.41) is 4.29. The van der Waals surface area contributed by atoms with Gasteiger partial charge in [-0.05, 0) is 18.8 Å². The van der Waals surface area contributed by atoms with Gasteiger partial charge in [0.25, 0.3) is 0 Å². The van der Waals surface area contributed by atoms with E-state index in [0.717, 1.165) is 38.2 Å². The van der Waals surface area contributed by atoms with Crippen LogP contribution < -0.4 is 5.73 Å². The first-order valence-electron chi connectivity index (χ1n) is 7.35. The summed E-state index contributed by atoms with van der Waals surface area (Å²) in [6.45, 7) is 8.28. The van der Waals surface area contributed by atoms with Crippen LogP contribution in [0.15, 0.2) is 6.33 Å². The van der Waals surface area contributed by atoms with Gasteiger partial charge in [0.05, 0.1) is 6.10 Å². The number of ether oxygens (including phenoxy) is 1. The van der Waals surface area contributed by atoms with Crippen molar-refractivity contribution in [1.82, 2.24) is 14.8 Å². The molecule has 1 aromatic rings. The number of nitrogens with zero attached hydrogens (tertiary/aromatic N) is 3. The van der Waals surface area contributed by atoms with Gasteiger partial charge in [0.2, 0.25) is 0 Å². The van der Waals surface area contributed by atoms with Gasteiger partial charge in [-0.2, -0.15) is 5.10 Å². The lowest BCUT2D eigenvalue weighted by Crippen LogP contribution is -2.37. The predicted molar refractivity (Wildman–Crippen MR) is 74.7 cm³/mol. The fourth-order valence-corrected chi connectivity index (χ4v) is 2.88. The molecule has 0 saturated carbocycles. The second-order valence-electron chi connectivity index (χ2n) is 5.89. The highest BCUT2D eigenvalue weighted by atomic mass is 16.5. The summed E-state index contributed by atoms with van der Waals surface area (Å²) in [7, 11) is 0. The summed E-state index contributed by atoms with van der Waals surface area (Å²) in [4.78, 5) is 4.36. The zero-order valence-electron chi connectivity index (χ0n) is 12.2. The highest BCUT2D eigenvalue weighted by Crippen LogP contribution is 2.26. The van der Waals surface area contributed by atoms with Crippen LogP contribution in [0, 0.1) is 11.8 Å². The van der Waals surface area contributed by atoms with E-state index >= 15 is 0 Å². The molecule has 0 aromatic carbocycles. The molecule has 0 bridgehead atoms. The summed E-state index contributed by atoms with van der Waals surface area (Å²) in [6, 6.07) is 0.113. The number of nitrogens with two attached hydrogens (primary N) is 1. The topological polar surface area (TPSA) is 66.0 Å². The SMILES string of the molecule is CCC1OCCC1C(N)Cc1ncnn1CC(C)C.